The molecule has 0 aliphatic carbocycles. The Bertz CT molecular complexity index is 587. The van der Waals surface area contributed by atoms with E-state index >= 15 is 0 Å². The van der Waals surface area contributed by atoms with Gasteiger partial charge in [0, 0.05) is 26.7 Å². The van der Waals surface area contributed by atoms with Gasteiger partial charge in [0.1, 0.15) is 0 Å². The second-order valence-electron chi connectivity index (χ2n) is 5.46. The van der Waals surface area contributed by atoms with Crippen molar-refractivity contribution >= 4 is 10.0 Å². The lowest BCUT2D eigenvalue weighted by molar-refractivity contribution is 0.157. The van der Waals surface area contributed by atoms with Crippen molar-refractivity contribution in [3.8, 4) is 0 Å². The Morgan fingerprint density at radius 2 is 2.14 bits per heavy atom. The summed E-state index contributed by atoms with van der Waals surface area (Å²) in [5.41, 5.74) is 7.74. The highest BCUT2D eigenvalue weighted by Crippen LogP contribution is 2.26. The average molecular weight is 312 g/mol. The Kier molecular flexibility index (Phi) is 5.37. The van der Waals surface area contributed by atoms with Crippen LogP contribution in [0.3, 0.4) is 0 Å². The first-order valence-electron chi connectivity index (χ1n) is 7.33. The molecule has 5 nitrogen and oxygen atoms in total. The normalized spacial score (nSPS) is 20.0. The maximum absolute atomic E-state index is 12.7. The highest BCUT2D eigenvalue weighted by molar-refractivity contribution is 7.89. The molecule has 1 aromatic rings. The summed E-state index contributed by atoms with van der Waals surface area (Å²) >= 11 is 0. The third-order valence-corrected chi connectivity index (χ3v) is 5.93. The molecule has 118 valence electrons. The van der Waals surface area contributed by atoms with Gasteiger partial charge in [0.2, 0.25) is 10.0 Å². The Balaban J connectivity index is 2.24. The maximum atomic E-state index is 12.7. The molecule has 0 radical (unpaired) electrons. The number of nitrogens with zero attached hydrogens (tertiary/aromatic N) is 1. The quantitative estimate of drug-likeness (QED) is 0.861. The van der Waals surface area contributed by atoms with Crippen LogP contribution < -0.4 is 5.73 Å². The molecule has 1 aliphatic heterocycles. The number of nitrogens with two attached hydrogens (primary N) is 1. The first-order chi connectivity index (χ1) is 10.0. The fourth-order valence-corrected chi connectivity index (χ4v) is 4.42. The Hall–Kier alpha value is -0.950. The molecule has 1 atom stereocenters. The smallest absolute Gasteiger partial charge is 0.243 e. The second-order valence-corrected chi connectivity index (χ2v) is 7.40. The molecule has 2 N–H and O–H groups in total. The second kappa shape index (κ2) is 6.87. The molecular formula is C15H24N2O3S. The van der Waals surface area contributed by atoms with Gasteiger partial charge >= 0.3 is 0 Å². The molecule has 6 heteroatoms. The molecular weight excluding hydrogens is 288 g/mol. The van der Waals surface area contributed by atoms with Crippen molar-refractivity contribution in [2.24, 2.45) is 11.7 Å². The van der Waals surface area contributed by atoms with E-state index in [0.717, 1.165) is 24.0 Å². The number of benzene rings is 1. The molecule has 1 aromatic carbocycles. The van der Waals surface area contributed by atoms with Gasteiger partial charge in [-0.25, -0.2) is 8.42 Å². The minimum Gasteiger partial charge on any atom is -0.384 e. The van der Waals surface area contributed by atoms with Crippen LogP contribution in [-0.2, 0) is 27.7 Å². The molecule has 2 rings (SSSR count). The van der Waals surface area contributed by atoms with Gasteiger partial charge in [0.25, 0.3) is 0 Å². The summed E-state index contributed by atoms with van der Waals surface area (Å²) in [5.74, 6) is 0.286. The van der Waals surface area contributed by atoms with Crippen molar-refractivity contribution in [1.29, 1.82) is 0 Å². The minimum absolute atomic E-state index is 0.286. The van der Waals surface area contributed by atoms with Gasteiger partial charge in [0.15, 0.2) is 0 Å². The molecule has 0 aromatic heterocycles. The predicted molar refractivity (Wildman–Crippen MR) is 82.5 cm³/mol. The van der Waals surface area contributed by atoms with Crippen molar-refractivity contribution < 1.29 is 13.2 Å². The van der Waals surface area contributed by atoms with E-state index in [9.17, 15) is 8.42 Å². The summed E-state index contributed by atoms with van der Waals surface area (Å²) in [7, 11) is -1.78. The molecule has 0 saturated carbocycles. The summed E-state index contributed by atoms with van der Waals surface area (Å²) in [4.78, 5) is 0.346. The monoisotopic (exact) mass is 312 g/mol. The molecule has 1 fully saturated rings. The van der Waals surface area contributed by atoms with Gasteiger partial charge in [-0.3, -0.25) is 0 Å². The predicted octanol–water partition coefficient (Wildman–Crippen LogP) is 1.36. The van der Waals surface area contributed by atoms with Crippen LogP contribution in [0, 0.1) is 5.92 Å². The van der Waals surface area contributed by atoms with Gasteiger partial charge in [-0.05, 0) is 42.0 Å². The van der Waals surface area contributed by atoms with Crippen LogP contribution in [0.1, 0.15) is 24.5 Å². The first kappa shape index (κ1) is 16.4. The highest BCUT2D eigenvalue weighted by Gasteiger charge is 2.32. The van der Waals surface area contributed by atoms with Gasteiger partial charge in [-0.15, -0.1) is 0 Å². The van der Waals surface area contributed by atoms with Gasteiger partial charge < -0.3 is 10.5 Å². The van der Waals surface area contributed by atoms with Crippen LogP contribution in [0.25, 0.3) is 0 Å². The third kappa shape index (κ3) is 3.45. The van der Waals surface area contributed by atoms with Crippen molar-refractivity contribution in [2.45, 2.75) is 31.2 Å². The third-order valence-electron chi connectivity index (χ3n) is 4.07. The standard InChI is InChI=1S/C15H24N2O3S/c1-3-13-4-5-15(8-14(13)9-16)21(18,19)17-7-6-12(10-17)11-20-2/h4-5,8,12H,3,6-7,9-11,16H2,1-2H3. The number of sulfonamides is 1. The average Bonchev–Trinajstić information content (AvgIpc) is 2.96. The van der Waals surface area contributed by atoms with E-state index in [1.165, 1.54) is 0 Å². The van der Waals surface area contributed by atoms with E-state index in [-0.39, 0.29) is 5.92 Å². The highest BCUT2D eigenvalue weighted by atomic mass is 32.2. The minimum atomic E-state index is -3.43. The number of rotatable bonds is 6. The number of aryl methyl sites for hydroxylation is 1. The molecule has 1 heterocycles. The molecule has 1 aliphatic rings. The number of methoxy groups -OCH3 is 1. The molecule has 1 unspecified atom stereocenters. The zero-order valence-electron chi connectivity index (χ0n) is 12.7. The van der Waals surface area contributed by atoms with E-state index < -0.39 is 10.0 Å². The zero-order chi connectivity index (χ0) is 15.5. The Morgan fingerprint density at radius 3 is 2.76 bits per heavy atom. The van der Waals surface area contributed by atoms with E-state index in [0.29, 0.717) is 31.1 Å². The number of hydrogen-bond donors (Lipinski definition) is 1. The van der Waals surface area contributed by atoms with E-state index in [1.54, 1.807) is 23.5 Å². The zero-order valence-corrected chi connectivity index (χ0v) is 13.5. The fraction of sp³-hybridized carbons (Fsp3) is 0.600. The molecule has 0 bridgehead atoms. The summed E-state index contributed by atoms with van der Waals surface area (Å²) < 4.78 is 32.1. The van der Waals surface area contributed by atoms with Crippen molar-refractivity contribution in [3.63, 3.8) is 0 Å². The lowest BCUT2D eigenvalue weighted by atomic mass is 10.1. The van der Waals surface area contributed by atoms with Gasteiger partial charge in [-0.2, -0.15) is 4.31 Å². The van der Waals surface area contributed by atoms with E-state index in [2.05, 4.69) is 0 Å². The van der Waals surface area contributed by atoms with Crippen molar-refractivity contribution in [1.82, 2.24) is 4.31 Å². The summed E-state index contributed by atoms with van der Waals surface area (Å²) in [6.07, 6.45) is 1.70. The Morgan fingerprint density at radius 1 is 1.38 bits per heavy atom. The van der Waals surface area contributed by atoms with Crippen LogP contribution in [0.15, 0.2) is 23.1 Å². The van der Waals surface area contributed by atoms with Crippen LogP contribution in [-0.4, -0.2) is 39.5 Å². The Labute approximate surface area is 127 Å². The number of ether oxygens (including phenoxy) is 1. The molecule has 1 saturated heterocycles. The van der Waals surface area contributed by atoms with E-state index in [1.807, 2.05) is 13.0 Å². The van der Waals surface area contributed by atoms with Crippen molar-refractivity contribution in [3.05, 3.63) is 29.3 Å². The van der Waals surface area contributed by atoms with Gasteiger partial charge in [-0.1, -0.05) is 13.0 Å². The van der Waals surface area contributed by atoms with Crippen LogP contribution in [0.4, 0.5) is 0 Å². The lowest BCUT2D eigenvalue weighted by Gasteiger charge is -2.18. The lowest BCUT2D eigenvalue weighted by Crippen LogP contribution is -2.29. The first-order valence-corrected chi connectivity index (χ1v) is 8.77. The largest absolute Gasteiger partial charge is 0.384 e. The topological polar surface area (TPSA) is 72.6 Å². The summed E-state index contributed by atoms with van der Waals surface area (Å²) in [6, 6.07) is 5.28. The fourth-order valence-electron chi connectivity index (χ4n) is 2.83. The van der Waals surface area contributed by atoms with Crippen LogP contribution >= 0.6 is 0 Å². The van der Waals surface area contributed by atoms with E-state index in [4.69, 9.17) is 10.5 Å². The molecule has 0 amide bonds. The number of hydrogen-bond acceptors (Lipinski definition) is 4. The summed E-state index contributed by atoms with van der Waals surface area (Å²) in [6.45, 7) is 4.10. The molecule has 21 heavy (non-hydrogen) atoms. The molecule has 0 spiro atoms. The van der Waals surface area contributed by atoms with Crippen molar-refractivity contribution in [2.75, 3.05) is 26.8 Å². The SMILES string of the molecule is CCc1ccc(S(=O)(=O)N2CCC(COC)C2)cc1CN. The maximum Gasteiger partial charge on any atom is 0.243 e. The summed E-state index contributed by atoms with van der Waals surface area (Å²) in [5, 5.41) is 0. The van der Waals surface area contributed by atoms with Gasteiger partial charge in [0.05, 0.1) is 11.5 Å². The van der Waals surface area contributed by atoms with Crippen LogP contribution in [0.2, 0.25) is 0 Å². The van der Waals surface area contributed by atoms with Crippen LogP contribution in [0.5, 0.6) is 0 Å².